The minimum atomic E-state index is -0.628. The molecule has 5 fully saturated rings. The molecule has 0 unspecified atom stereocenters. The highest BCUT2D eigenvalue weighted by atomic mass is 19.1. The Kier molecular flexibility index (Phi) is 9.17. The van der Waals surface area contributed by atoms with Crippen LogP contribution < -0.4 is 15.8 Å². The predicted octanol–water partition coefficient (Wildman–Crippen LogP) is 6.32. The number of nitrogens with two attached hydrogens (primary N) is 1. The van der Waals surface area contributed by atoms with Gasteiger partial charge in [0.25, 0.3) is 11.8 Å². The van der Waals surface area contributed by atoms with E-state index in [0.29, 0.717) is 71.2 Å². The number of aryl methyl sites for hydroxylation is 3. The maximum absolute atomic E-state index is 16.1. The van der Waals surface area contributed by atoms with Gasteiger partial charge in [0.15, 0.2) is 11.6 Å². The number of aromatic nitrogens is 8. The van der Waals surface area contributed by atoms with E-state index in [2.05, 4.69) is 38.5 Å². The molecule has 4 bridgehead atoms. The van der Waals surface area contributed by atoms with E-state index in [1.165, 1.54) is 6.07 Å². The zero-order valence-corrected chi connectivity index (χ0v) is 38.4. The van der Waals surface area contributed by atoms with E-state index in [4.69, 9.17) is 25.4 Å². The van der Waals surface area contributed by atoms with Crippen LogP contribution in [-0.4, -0.2) is 115 Å². The Bertz CT molecular complexity index is 3420. The fourth-order valence-corrected chi connectivity index (χ4v) is 12.5. The van der Waals surface area contributed by atoms with Crippen molar-refractivity contribution in [3.8, 4) is 28.8 Å². The number of fused-ring (bicyclic) bond motifs is 8. The van der Waals surface area contributed by atoms with E-state index in [1.54, 1.807) is 34.9 Å². The van der Waals surface area contributed by atoms with Crippen LogP contribution in [0.1, 0.15) is 59.7 Å². The normalized spacial score (nSPS) is 24.2. The smallest absolute Gasteiger partial charge is 0.254 e. The van der Waals surface area contributed by atoms with Crippen molar-refractivity contribution in [3.05, 3.63) is 83.8 Å². The van der Waals surface area contributed by atoms with E-state index in [1.807, 2.05) is 53.9 Å². The second kappa shape index (κ2) is 15.1. The minimum Gasteiger partial charge on any atom is -0.494 e. The maximum atomic E-state index is 16.1. The number of amides is 2. The van der Waals surface area contributed by atoms with Crippen LogP contribution >= 0.6 is 0 Å². The molecule has 17 heteroatoms. The van der Waals surface area contributed by atoms with Gasteiger partial charge in [0.2, 0.25) is 0 Å². The zero-order valence-electron chi connectivity index (χ0n) is 38.4. The van der Waals surface area contributed by atoms with Gasteiger partial charge < -0.3 is 49.0 Å². The number of piperidine rings is 2. The number of pyridine rings is 2. The molecule has 16 nitrogen and oxygen atoms in total. The molecule has 5 aliphatic rings. The number of aliphatic hydroxyl groups excluding tert-OH is 1. The number of carbonyl (C=O) groups excluding carboxylic acids is 2. The number of ether oxygens (including phenoxy) is 1. The average molecular weight is 917 g/mol. The maximum Gasteiger partial charge on any atom is 0.254 e. The van der Waals surface area contributed by atoms with E-state index in [0.717, 1.165) is 82.8 Å². The van der Waals surface area contributed by atoms with Crippen LogP contribution in [0.3, 0.4) is 0 Å². The summed E-state index contributed by atoms with van der Waals surface area (Å²) >= 11 is 0. The lowest BCUT2D eigenvalue weighted by atomic mass is 10.1. The Balaban J connectivity index is 0.788. The molecular formula is C51H53FN12O4. The van der Waals surface area contributed by atoms with E-state index in [9.17, 15) is 14.7 Å². The first-order valence-electron chi connectivity index (χ1n) is 24.0. The summed E-state index contributed by atoms with van der Waals surface area (Å²) in [5.74, 6) is 2.58. The van der Waals surface area contributed by atoms with Crippen molar-refractivity contribution in [3.63, 3.8) is 0 Å². The Morgan fingerprint density at radius 3 is 2.24 bits per heavy atom. The summed E-state index contributed by atoms with van der Waals surface area (Å²) in [4.78, 5) is 51.9. The Hall–Kier alpha value is -6.85. The second-order valence-electron chi connectivity index (χ2n) is 19.9. The summed E-state index contributed by atoms with van der Waals surface area (Å²) in [6.45, 7) is 4.60. The number of carbonyl (C=O) groups is 2. The van der Waals surface area contributed by atoms with Gasteiger partial charge in [-0.2, -0.15) is 0 Å². The first-order chi connectivity index (χ1) is 33.0. The topological polar surface area (TPSA) is 179 Å². The van der Waals surface area contributed by atoms with E-state index < -0.39 is 18.0 Å². The van der Waals surface area contributed by atoms with Crippen LogP contribution in [0.2, 0.25) is 0 Å². The molecule has 8 aromatic rings. The lowest BCUT2D eigenvalue weighted by Crippen LogP contribution is -2.48. The second-order valence-corrected chi connectivity index (χ2v) is 19.9. The predicted molar refractivity (Wildman–Crippen MR) is 256 cm³/mol. The quantitative estimate of drug-likeness (QED) is 0.141. The number of hydrogen-bond acceptors (Lipinski definition) is 10. The van der Waals surface area contributed by atoms with Crippen LogP contribution in [0, 0.1) is 23.6 Å². The molecule has 68 heavy (non-hydrogen) atoms. The van der Waals surface area contributed by atoms with Crippen molar-refractivity contribution < 1.29 is 23.8 Å². The molecule has 6 aromatic heterocycles. The zero-order chi connectivity index (χ0) is 46.4. The number of rotatable bonds is 10. The molecule has 3 saturated carbocycles. The molecule has 7 atom stereocenters. The van der Waals surface area contributed by atoms with Crippen LogP contribution in [0.5, 0.6) is 5.75 Å². The van der Waals surface area contributed by atoms with Crippen molar-refractivity contribution in [2.75, 3.05) is 25.5 Å². The number of halogens is 1. The monoisotopic (exact) mass is 916 g/mol. The van der Waals surface area contributed by atoms with Crippen LogP contribution in [0.25, 0.3) is 67.2 Å². The van der Waals surface area contributed by atoms with Crippen LogP contribution in [0.15, 0.2) is 66.9 Å². The number of nitrogens with zero attached hydrogens (tertiary/aromatic N) is 10. The third kappa shape index (κ3) is 6.10. The van der Waals surface area contributed by atoms with Crippen molar-refractivity contribution in [2.24, 2.45) is 37.6 Å². The van der Waals surface area contributed by atoms with Gasteiger partial charge >= 0.3 is 0 Å². The summed E-state index contributed by atoms with van der Waals surface area (Å²) < 4.78 is 30.2. The molecule has 8 heterocycles. The molecule has 2 amide bonds. The minimum absolute atomic E-state index is 0.0197. The van der Waals surface area contributed by atoms with Gasteiger partial charge in [-0.3, -0.25) is 9.59 Å². The number of nitrogens with one attached hydrogen (secondary N) is 1. The van der Waals surface area contributed by atoms with Gasteiger partial charge in [0, 0.05) is 74.4 Å². The molecule has 2 aromatic carbocycles. The first kappa shape index (κ1) is 41.3. The van der Waals surface area contributed by atoms with Crippen molar-refractivity contribution in [2.45, 2.75) is 82.4 Å². The summed E-state index contributed by atoms with van der Waals surface area (Å²) in [7, 11) is 5.38. The number of hydrogen-bond donors (Lipinski definition) is 3. The number of anilines is 1. The molecule has 0 spiro atoms. The number of benzene rings is 2. The summed E-state index contributed by atoms with van der Waals surface area (Å²) in [6, 6.07) is 18.1. The number of imidazole rings is 2. The van der Waals surface area contributed by atoms with Crippen molar-refractivity contribution in [1.29, 1.82) is 0 Å². The van der Waals surface area contributed by atoms with Gasteiger partial charge in [0.1, 0.15) is 39.7 Å². The number of aliphatic hydroxyl groups is 1. The Morgan fingerprint density at radius 1 is 0.824 bits per heavy atom. The molecule has 348 valence electrons. The van der Waals surface area contributed by atoms with E-state index in [-0.39, 0.29) is 41.8 Å². The highest BCUT2D eigenvalue weighted by Gasteiger charge is 2.52. The van der Waals surface area contributed by atoms with Gasteiger partial charge in [-0.05, 0) is 117 Å². The lowest BCUT2D eigenvalue weighted by molar-refractivity contribution is 0.0394. The van der Waals surface area contributed by atoms with Gasteiger partial charge in [-0.15, -0.1) is 0 Å². The van der Waals surface area contributed by atoms with Crippen molar-refractivity contribution >= 4 is 61.8 Å². The fraction of sp³-hybridized carbons (Fsp3) is 0.412. The average Bonchev–Trinajstić information content (AvgIpc) is 3.95. The summed E-state index contributed by atoms with van der Waals surface area (Å²) in [5, 5.41) is 16.4. The SMILES string of the molecule is CCn1c(-c2nc3cc(C(=O)N4C[C@H]5CC[C@@H]4[C@@H]5Nc4ccc5cc(-c6nc7cc(C(=O)N8C[C@H]9C[C@H](O)[C@@H]8[C@@H]9N)cc(OC)c7n6C)n(CC6CC6)c5n4)cc(F)c3n2C)cc2cccnc21. The summed E-state index contributed by atoms with van der Waals surface area (Å²) in [6.07, 6.45) is 5.86. The Morgan fingerprint density at radius 2 is 1.51 bits per heavy atom. The molecular weight excluding hydrogens is 864 g/mol. The molecule has 2 aliphatic heterocycles. The standard InChI is InChI=1S/C51H53FN12O4/c1-5-61-36(18-26-7-6-14-54-46(26)61)48-55-33-16-29(15-32(52)43(33)59(48)2)50(66)63-23-28-10-12-35(63)42(28)57-40-13-11-27-19-37(62(47(27)58-40)22-25-8-9-25)49-56-34-17-30(21-39(68-4)44(34)60(49)3)51(67)64-24-31-20-38(65)45(64)41(31)53/h6-7,11,13-19,21,25,28,31,35,38,41-42,45,65H,5,8-10,12,20,22-24,53H2,1-4H3,(H,57,58)/t28-,31-,35-,38+,41-,42-,45-/m1/s1. The van der Waals surface area contributed by atoms with Gasteiger partial charge in [-0.25, -0.2) is 24.3 Å². The van der Waals surface area contributed by atoms with Crippen LogP contribution in [-0.2, 0) is 27.2 Å². The Labute approximate surface area is 390 Å². The molecule has 2 saturated heterocycles. The van der Waals surface area contributed by atoms with Gasteiger partial charge in [-0.1, -0.05) is 0 Å². The third-order valence-corrected chi connectivity index (χ3v) is 16.0. The number of likely N-dealkylation sites (tertiary alicyclic amines) is 2. The molecule has 0 radical (unpaired) electrons. The highest BCUT2D eigenvalue weighted by Crippen LogP contribution is 2.43. The largest absolute Gasteiger partial charge is 0.494 e. The number of methoxy groups -OCH3 is 1. The van der Waals surface area contributed by atoms with Crippen molar-refractivity contribution in [1.82, 2.24) is 48.0 Å². The summed E-state index contributed by atoms with van der Waals surface area (Å²) in [5.41, 5.74) is 12.8. The van der Waals surface area contributed by atoms with E-state index >= 15 is 4.39 Å². The molecule has 13 rings (SSSR count). The van der Waals surface area contributed by atoms with Crippen LogP contribution in [0.4, 0.5) is 10.2 Å². The van der Waals surface area contributed by atoms with Gasteiger partial charge in [0.05, 0.1) is 53.8 Å². The fourth-order valence-electron chi connectivity index (χ4n) is 12.5. The lowest BCUT2D eigenvalue weighted by Gasteiger charge is -2.30. The molecule has 3 aliphatic carbocycles. The highest BCUT2D eigenvalue weighted by molar-refractivity contribution is 6.01. The first-order valence-corrected chi connectivity index (χ1v) is 24.0. The molecule has 4 N–H and O–H groups in total. The third-order valence-electron chi connectivity index (χ3n) is 16.0.